The Morgan fingerprint density at radius 3 is 2.75 bits per heavy atom. The second kappa shape index (κ2) is 3.58. The van der Waals surface area contributed by atoms with E-state index < -0.39 is 5.31 Å². The molecule has 2 nitrogen and oxygen atoms in total. The van der Waals surface area contributed by atoms with Gasteiger partial charge >= 0.3 is 5.31 Å². The molecule has 0 unspecified atom stereocenters. The van der Waals surface area contributed by atoms with E-state index in [1.54, 1.807) is 12.1 Å². The lowest BCUT2D eigenvalue weighted by molar-refractivity contribution is 0.0396. The Labute approximate surface area is 82.8 Å². The maximum atomic E-state index is 12.7. The molecule has 12 heavy (non-hydrogen) atoms. The molecule has 1 aromatic rings. The summed E-state index contributed by atoms with van der Waals surface area (Å²) < 4.78 is 18.0. The van der Waals surface area contributed by atoms with Crippen LogP contribution in [0.4, 0.5) is 4.39 Å². The molecule has 0 radical (unpaired) electrons. The maximum absolute atomic E-state index is 12.7. The second-order valence-electron chi connectivity index (χ2n) is 2.23. The van der Waals surface area contributed by atoms with Gasteiger partial charge in [0.15, 0.2) is 0 Å². The average Bonchev–Trinajstić information content (AvgIpc) is 1.91. The van der Waals surface area contributed by atoms with Crippen molar-refractivity contribution in [1.29, 1.82) is 0 Å². The van der Waals surface area contributed by atoms with E-state index in [1.807, 2.05) is 0 Å². The first-order chi connectivity index (χ1) is 5.47. The van der Waals surface area contributed by atoms with E-state index >= 15 is 0 Å². The minimum absolute atomic E-state index is 0.290. The van der Waals surface area contributed by atoms with Crippen LogP contribution in [0.15, 0.2) is 22.9 Å². The molecule has 0 saturated heterocycles. The molecule has 0 amide bonds. The van der Waals surface area contributed by atoms with Crippen LogP contribution in [0.5, 0.6) is 5.75 Å². The van der Waals surface area contributed by atoms with Gasteiger partial charge in [0, 0.05) is 6.92 Å². The van der Waals surface area contributed by atoms with E-state index in [4.69, 9.17) is 11.6 Å². The molecule has 66 valence electrons. The Bertz CT molecular complexity index is 259. The van der Waals surface area contributed by atoms with Gasteiger partial charge in [-0.3, -0.25) is 0 Å². The van der Waals surface area contributed by atoms with Crippen molar-refractivity contribution < 1.29 is 9.13 Å². The van der Waals surface area contributed by atoms with Crippen LogP contribution in [0.2, 0.25) is 0 Å². The summed E-state index contributed by atoms with van der Waals surface area (Å²) in [5.41, 5.74) is 0. The molecule has 1 heterocycles. The van der Waals surface area contributed by atoms with E-state index in [9.17, 15) is 4.39 Å². The molecule has 0 fully saturated rings. The molecule has 5 heteroatoms. The first-order valence-electron chi connectivity index (χ1n) is 3.16. The lowest BCUT2D eigenvalue weighted by Crippen LogP contribution is -2.17. The number of alkyl halides is 2. The third-order valence-electron chi connectivity index (χ3n) is 0.997. The summed E-state index contributed by atoms with van der Waals surface area (Å²) in [5.74, 6) is 0.290. The highest BCUT2D eigenvalue weighted by Gasteiger charge is 2.20. The third-order valence-corrected chi connectivity index (χ3v) is 1.54. The number of halogens is 3. The minimum Gasteiger partial charge on any atom is -0.444 e. The summed E-state index contributed by atoms with van der Waals surface area (Å²) in [5, 5.41) is -2.19. The fourth-order valence-corrected chi connectivity index (χ4v) is 0.953. The summed E-state index contributed by atoms with van der Waals surface area (Å²) in [6.07, 6.45) is 1.38. The maximum Gasteiger partial charge on any atom is 0.324 e. The molecule has 0 aliphatic heterocycles. The molecule has 0 aliphatic carbocycles. The smallest absolute Gasteiger partial charge is 0.324 e. The lowest BCUT2D eigenvalue weighted by atomic mass is 10.5. The van der Waals surface area contributed by atoms with Gasteiger partial charge in [0.2, 0.25) is 0 Å². The number of hydrogen-bond donors (Lipinski definition) is 0. The van der Waals surface area contributed by atoms with Gasteiger partial charge in [0.05, 0.1) is 6.20 Å². The zero-order valence-corrected chi connectivity index (χ0v) is 8.56. The molecular weight excluding hydrogens is 248 g/mol. The standard InChI is InChI=1S/C7H6BrClFNO/c1-7(9,10)12-5-2-3-6(8)11-4-5/h2-4H,1H3/t7-/m1/s1. The van der Waals surface area contributed by atoms with Crippen molar-refractivity contribution in [2.75, 3.05) is 0 Å². The lowest BCUT2D eigenvalue weighted by Gasteiger charge is -2.13. The van der Waals surface area contributed by atoms with Crippen molar-refractivity contribution in [2.45, 2.75) is 12.2 Å². The van der Waals surface area contributed by atoms with Gasteiger partial charge in [-0.25, -0.2) is 4.98 Å². The van der Waals surface area contributed by atoms with Gasteiger partial charge in [-0.1, -0.05) is 0 Å². The Morgan fingerprint density at radius 2 is 2.33 bits per heavy atom. The number of rotatable bonds is 2. The summed E-state index contributed by atoms with van der Waals surface area (Å²) in [4.78, 5) is 3.83. The predicted molar refractivity (Wildman–Crippen MR) is 47.9 cm³/mol. The molecular formula is C7H6BrClFNO. The second-order valence-corrected chi connectivity index (χ2v) is 3.71. The minimum atomic E-state index is -2.19. The van der Waals surface area contributed by atoms with Crippen LogP contribution >= 0.6 is 27.5 Å². The fraction of sp³-hybridized carbons (Fsp3) is 0.286. The molecule has 0 N–H and O–H groups in total. The predicted octanol–water partition coefficient (Wildman–Crippen LogP) is 3.10. The number of ether oxygens (including phenoxy) is 1. The van der Waals surface area contributed by atoms with E-state index in [2.05, 4.69) is 25.7 Å². The van der Waals surface area contributed by atoms with Crippen LogP contribution in [0, 0.1) is 0 Å². The van der Waals surface area contributed by atoms with Crippen molar-refractivity contribution >= 4 is 27.5 Å². The third kappa shape index (κ3) is 3.36. The number of nitrogens with zero attached hydrogens (tertiary/aromatic N) is 1. The van der Waals surface area contributed by atoms with Crippen LogP contribution < -0.4 is 4.74 Å². The molecule has 1 atom stereocenters. The summed E-state index contributed by atoms with van der Waals surface area (Å²) in [7, 11) is 0. The SMILES string of the molecule is C[C@](F)(Cl)Oc1ccc(Br)nc1. The van der Waals surface area contributed by atoms with Gasteiger partial charge in [0.25, 0.3) is 0 Å². The topological polar surface area (TPSA) is 22.1 Å². The van der Waals surface area contributed by atoms with E-state index in [-0.39, 0.29) is 0 Å². The average molecular weight is 254 g/mol. The number of pyridine rings is 1. The van der Waals surface area contributed by atoms with Crippen LogP contribution in [0.3, 0.4) is 0 Å². The molecule has 0 aliphatic rings. The van der Waals surface area contributed by atoms with E-state index in [0.717, 1.165) is 6.92 Å². The first kappa shape index (κ1) is 9.74. The summed E-state index contributed by atoms with van der Waals surface area (Å²) >= 11 is 8.31. The molecule has 0 bridgehead atoms. The molecule has 0 spiro atoms. The van der Waals surface area contributed by atoms with Crippen molar-refractivity contribution in [3.63, 3.8) is 0 Å². The quantitative estimate of drug-likeness (QED) is 0.598. The zero-order valence-electron chi connectivity index (χ0n) is 6.22. The zero-order chi connectivity index (χ0) is 9.19. The molecule has 0 saturated carbocycles. The monoisotopic (exact) mass is 253 g/mol. The Kier molecular flexibility index (Phi) is 2.90. The molecule has 1 rings (SSSR count). The highest BCUT2D eigenvalue weighted by atomic mass is 79.9. The van der Waals surface area contributed by atoms with Gasteiger partial charge in [-0.15, -0.1) is 0 Å². The number of aromatic nitrogens is 1. The van der Waals surface area contributed by atoms with Gasteiger partial charge in [-0.2, -0.15) is 4.39 Å². The Morgan fingerprint density at radius 1 is 1.67 bits per heavy atom. The van der Waals surface area contributed by atoms with Crippen LogP contribution in [0.25, 0.3) is 0 Å². The molecule has 1 aromatic heterocycles. The summed E-state index contributed by atoms with van der Waals surface area (Å²) in [6.45, 7) is 1.11. The van der Waals surface area contributed by atoms with Crippen LogP contribution in [-0.4, -0.2) is 10.3 Å². The van der Waals surface area contributed by atoms with Gasteiger partial charge in [0.1, 0.15) is 10.4 Å². The highest BCUT2D eigenvalue weighted by Crippen LogP contribution is 2.22. The largest absolute Gasteiger partial charge is 0.444 e. The van der Waals surface area contributed by atoms with Crippen LogP contribution in [0.1, 0.15) is 6.92 Å². The number of hydrogen-bond acceptors (Lipinski definition) is 2. The normalized spacial score (nSPS) is 15.3. The fourth-order valence-electron chi connectivity index (χ4n) is 0.630. The van der Waals surface area contributed by atoms with Gasteiger partial charge < -0.3 is 4.74 Å². The van der Waals surface area contributed by atoms with E-state index in [1.165, 1.54) is 6.20 Å². The summed E-state index contributed by atoms with van der Waals surface area (Å²) in [6, 6.07) is 3.20. The van der Waals surface area contributed by atoms with Crippen molar-refractivity contribution in [2.24, 2.45) is 0 Å². The Hall–Kier alpha value is -0.350. The van der Waals surface area contributed by atoms with Crippen molar-refractivity contribution in [3.05, 3.63) is 22.9 Å². The van der Waals surface area contributed by atoms with Crippen molar-refractivity contribution in [3.8, 4) is 5.75 Å². The highest BCUT2D eigenvalue weighted by molar-refractivity contribution is 9.10. The van der Waals surface area contributed by atoms with E-state index in [0.29, 0.717) is 10.4 Å². The first-order valence-corrected chi connectivity index (χ1v) is 4.33. The van der Waals surface area contributed by atoms with Crippen molar-refractivity contribution in [1.82, 2.24) is 4.98 Å². The van der Waals surface area contributed by atoms with Gasteiger partial charge in [-0.05, 0) is 39.7 Å². The van der Waals surface area contributed by atoms with Crippen LogP contribution in [-0.2, 0) is 0 Å². The molecule has 0 aromatic carbocycles. The Balaban J connectivity index is 2.71.